The highest BCUT2D eigenvalue weighted by Gasteiger charge is 2.26. The third-order valence-electron chi connectivity index (χ3n) is 6.45. The molecule has 0 unspecified atom stereocenters. The van der Waals surface area contributed by atoms with Crippen LogP contribution in [0.1, 0.15) is 75.9 Å². The summed E-state index contributed by atoms with van der Waals surface area (Å²) >= 11 is 3.87. The molecule has 40 heavy (non-hydrogen) atoms. The summed E-state index contributed by atoms with van der Waals surface area (Å²) in [5, 5.41) is 7.97. The lowest BCUT2D eigenvalue weighted by molar-refractivity contribution is 0.379. The fourth-order valence-corrected chi connectivity index (χ4v) is 6.93. The normalized spacial score (nSPS) is 13.7. The number of nitrogens with one attached hydrogen (secondary N) is 2. The van der Waals surface area contributed by atoms with E-state index in [1.165, 1.54) is 32.0 Å². The molecule has 0 spiro atoms. The molecular formula is C36H44N2S2. The second-order valence-electron chi connectivity index (χ2n) is 12.2. The summed E-state index contributed by atoms with van der Waals surface area (Å²) in [5.41, 5.74) is 5.23. The zero-order valence-electron chi connectivity index (χ0n) is 24.8. The van der Waals surface area contributed by atoms with E-state index in [9.17, 15) is 0 Å². The zero-order valence-corrected chi connectivity index (χ0v) is 26.4. The summed E-state index contributed by atoms with van der Waals surface area (Å²) in [6, 6.07) is 39.5. The predicted molar refractivity (Wildman–Crippen MR) is 176 cm³/mol. The number of hydrogen-bond acceptors (Lipinski definition) is 4. The van der Waals surface area contributed by atoms with Crippen LogP contribution in [0.15, 0.2) is 119 Å². The van der Waals surface area contributed by atoms with E-state index in [2.05, 4.69) is 161 Å². The van der Waals surface area contributed by atoms with Crippen LogP contribution >= 0.6 is 23.5 Å². The van der Waals surface area contributed by atoms with Crippen molar-refractivity contribution in [1.82, 2.24) is 10.6 Å². The van der Waals surface area contributed by atoms with E-state index in [-0.39, 0.29) is 21.6 Å². The molecule has 0 aliphatic heterocycles. The first-order chi connectivity index (χ1) is 19.1. The van der Waals surface area contributed by atoms with Crippen LogP contribution in [0.25, 0.3) is 0 Å². The number of benzene rings is 4. The van der Waals surface area contributed by atoms with Crippen LogP contribution in [0.3, 0.4) is 0 Å². The average molecular weight is 569 g/mol. The Balaban J connectivity index is 1.66. The van der Waals surface area contributed by atoms with Gasteiger partial charge in [-0.15, -0.1) is 23.5 Å². The Bertz CT molecular complexity index is 1220. The first-order valence-electron chi connectivity index (χ1n) is 14.2. The Hall–Kier alpha value is -2.50. The highest BCUT2D eigenvalue weighted by Crippen LogP contribution is 2.37. The molecule has 0 amide bonds. The molecule has 4 aromatic carbocycles. The molecule has 0 radical (unpaired) electrons. The molecule has 4 heteroatoms. The lowest BCUT2D eigenvalue weighted by atomic mass is 9.92. The Morgan fingerprint density at radius 3 is 1.15 bits per heavy atom. The summed E-state index contributed by atoms with van der Waals surface area (Å²) in [6.45, 7) is 15.2. The SMILES string of the molecule is CC(C)(C)Sc1ccccc1CN[C@H](c1ccccc1)[C@H](NCc1ccccc1SC(C)(C)C)c1ccccc1. The third-order valence-corrected chi connectivity index (χ3v) is 8.91. The van der Waals surface area contributed by atoms with Crippen LogP contribution in [0.4, 0.5) is 0 Å². The largest absolute Gasteiger partial charge is 0.304 e. The molecule has 0 aliphatic carbocycles. The van der Waals surface area contributed by atoms with Gasteiger partial charge >= 0.3 is 0 Å². The number of hydrogen-bond donors (Lipinski definition) is 2. The summed E-state index contributed by atoms with van der Waals surface area (Å²) in [4.78, 5) is 2.68. The molecule has 2 nitrogen and oxygen atoms in total. The maximum atomic E-state index is 3.99. The quantitative estimate of drug-likeness (QED) is 0.176. The van der Waals surface area contributed by atoms with Gasteiger partial charge in [-0.25, -0.2) is 0 Å². The van der Waals surface area contributed by atoms with Gasteiger partial charge in [-0.1, -0.05) is 139 Å². The van der Waals surface area contributed by atoms with Crippen LogP contribution in [0, 0.1) is 0 Å². The topological polar surface area (TPSA) is 24.1 Å². The van der Waals surface area contributed by atoms with Crippen molar-refractivity contribution < 1.29 is 0 Å². The van der Waals surface area contributed by atoms with Gasteiger partial charge in [0, 0.05) is 32.4 Å². The van der Waals surface area contributed by atoms with Gasteiger partial charge in [-0.2, -0.15) is 0 Å². The van der Waals surface area contributed by atoms with Crippen molar-refractivity contribution in [1.29, 1.82) is 0 Å². The van der Waals surface area contributed by atoms with E-state index in [4.69, 9.17) is 0 Å². The second-order valence-corrected chi connectivity index (χ2v) is 15.9. The van der Waals surface area contributed by atoms with Crippen LogP contribution < -0.4 is 10.6 Å². The number of thioether (sulfide) groups is 2. The van der Waals surface area contributed by atoms with Crippen LogP contribution in [-0.4, -0.2) is 9.49 Å². The molecule has 210 valence electrons. The minimum absolute atomic E-state index is 0.0822. The van der Waals surface area contributed by atoms with Gasteiger partial charge in [-0.05, 0) is 34.4 Å². The standard InChI is InChI=1S/C36H44N2S2/c1-35(2,3)39-31-23-15-13-21-29(31)25-37-33(27-17-9-7-10-18-27)34(28-19-11-8-12-20-28)38-26-30-22-14-16-24-32(30)40-36(4,5)6/h7-24,33-34,37-38H,25-26H2,1-6H3/t33-,34-/m1/s1. The van der Waals surface area contributed by atoms with Crippen molar-refractivity contribution in [3.63, 3.8) is 0 Å². The van der Waals surface area contributed by atoms with Crippen molar-refractivity contribution in [2.24, 2.45) is 0 Å². The lowest BCUT2D eigenvalue weighted by Gasteiger charge is -2.31. The smallest absolute Gasteiger partial charge is 0.0521 e. The molecule has 0 fully saturated rings. The molecule has 0 aliphatic rings. The first-order valence-corrected chi connectivity index (χ1v) is 15.8. The van der Waals surface area contributed by atoms with Gasteiger partial charge < -0.3 is 10.6 Å². The van der Waals surface area contributed by atoms with Crippen LogP contribution in [0.2, 0.25) is 0 Å². The Morgan fingerprint density at radius 1 is 0.475 bits per heavy atom. The van der Waals surface area contributed by atoms with Crippen LogP contribution in [-0.2, 0) is 13.1 Å². The molecule has 0 bridgehead atoms. The van der Waals surface area contributed by atoms with E-state index in [0.29, 0.717) is 0 Å². The third kappa shape index (κ3) is 9.27. The molecule has 0 heterocycles. The summed E-state index contributed by atoms with van der Waals surface area (Å²) in [6.07, 6.45) is 0. The monoisotopic (exact) mass is 568 g/mol. The maximum absolute atomic E-state index is 3.99. The first kappa shape index (κ1) is 30.5. The van der Waals surface area contributed by atoms with Crippen molar-refractivity contribution in [2.45, 2.75) is 86.0 Å². The lowest BCUT2D eigenvalue weighted by Crippen LogP contribution is -2.35. The molecular weight excluding hydrogens is 525 g/mol. The minimum atomic E-state index is 0.0822. The van der Waals surface area contributed by atoms with Gasteiger partial charge in [-0.3, -0.25) is 0 Å². The van der Waals surface area contributed by atoms with E-state index in [0.717, 1.165) is 13.1 Å². The number of rotatable bonds is 11. The summed E-state index contributed by atoms with van der Waals surface area (Å²) in [5.74, 6) is 0. The average Bonchev–Trinajstić information content (AvgIpc) is 2.91. The van der Waals surface area contributed by atoms with E-state index in [1.54, 1.807) is 0 Å². The van der Waals surface area contributed by atoms with Gasteiger partial charge in [0.05, 0.1) is 12.1 Å². The van der Waals surface area contributed by atoms with Crippen molar-refractivity contribution >= 4 is 23.5 Å². The highest BCUT2D eigenvalue weighted by molar-refractivity contribution is 8.00. The fraction of sp³-hybridized carbons (Fsp3) is 0.333. The molecule has 4 aromatic rings. The van der Waals surface area contributed by atoms with E-state index < -0.39 is 0 Å². The van der Waals surface area contributed by atoms with E-state index in [1.807, 2.05) is 23.5 Å². The van der Waals surface area contributed by atoms with Crippen molar-refractivity contribution in [2.75, 3.05) is 0 Å². The minimum Gasteiger partial charge on any atom is -0.304 e. The molecule has 0 saturated carbocycles. The molecule has 0 saturated heterocycles. The Morgan fingerprint density at radius 2 is 0.800 bits per heavy atom. The van der Waals surface area contributed by atoms with Crippen molar-refractivity contribution in [3.8, 4) is 0 Å². The molecule has 2 N–H and O–H groups in total. The Labute approximate surface area is 250 Å². The van der Waals surface area contributed by atoms with Gasteiger partial charge in [0.15, 0.2) is 0 Å². The van der Waals surface area contributed by atoms with Gasteiger partial charge in [0.1, 0.15) is 0 Å². The molecule has 2 atom stereocenters. The maximum Gasteiger partial charge on any atom is 0.0521 e. The van der Waals surface area contributed by atoms with E-state index >= 15 is 0 Å². The van der Waals surface area contributed by atoms with Crippen LogP contribution in [0.5, 0.6) is 0 Å². The van der Waals surface area contributed by atoms with Crippen molar-refractivity contribution in [3.05, 3.63) is 131 Å². The van der Waals surface area contributed by atoms with Gasteiger partial charge in [0.2, 0.25) is 0 Å². The molecule has 0 aromatic heterocycles. The molecule has 4 rings (SSSR count). The predicted octanol–water partition coefficient (Wildman–Crippen LogP) is 9.83. The van der Waals surface area contributed by atoms with Gasteiger partial charge in [0.25, 0.3) is 0 Å². The fourth-order valence-electron chi connectivity index (χ4n) is 4.78. The highest BCUT2D eigenvalue weighted by atomic mass is 32.2. The summed E-state index contributed by atoms with van der Waals surface area (Å²) < 4.78 is 0.309. The zero-order chi connectivity index (χ0) is 28.6. The second kappa shape index (κ2) is 13.9. The Kier molecular flexibility index (Phi) is 10.6. The summed E-state index contributed by atoms with van der Waals surface area (Å²) in [7, 11) is 0.